The van der Waals surface area contributed by atoms with Crippen LogP contribution in [0.5, 0.6) is 0 Å². The number of benzene rings is 1. The number of aryl methyl sites for hydroxylation is 2. The summed E-state index contributed by atoms with van der Waals surface area (Å²) in [5.41, 5.74) is 2.97. The van der Waals surface area contributed by atoms with E-state index in [-0.39, 0.29) is 17.5 Å². The Morgan fingerprint density at radius 1 is 1.44 bits per heavy atom. The zero-order chi connectivity index (χ0) is 19.8. The third kappa shape index (κ3) is 4.89. The van der Waals surface area contributed by atoms with Gasteiger partial charge in [-0.25, -0.2) is 13.1 Å². The summed E-state index contributed by atoms with van der Waals surface area (Å²) < 4.78 is 26.0. The first kappa shape index (κ1) is 20.7. The molecule has 2 heterocycles. The normalized spacial score (nSPS) is 18.9. The van der Waals surface area contributed by atoms with Crippen molar-refractivity contribution in [3.63, 3.8) is 0 Å². The van der Waals surface area contributed by atoms with E-state index in [0.717, 1.165) is 23.4 Å². The average molecular weight is 447 g/mol. The van der Waals surface area contributed by atoms with Crippen LogP contribution in [-0.4, -0.2) is 47.2 Å². The molecule has 1 aliphatic heterocycles. The Hall–Kier alpha value is -1.00. The fourth-order valence-electron chi connectivity index (χ4n) is 3.34. The van der Waals surface area contributed by atoms with Gasteiger partial charge in [0.15, 0.2) is 13.8 Å². The predicted octanol–water partition coefficient (Wildman–Crippen LogP) is 4.15. The third-order valence-corrected chi connectivity index (χ3v) is 7.99. The van der Waals surface area contributed by atoms with Crippen LogP contribution in [0.2, 0.25) is 5.02 Å². The van der Waals surface area contributed by atoms with Crippen LogP contribution < -0.4 is 5.32 Å². The smallest absolute Gasteiger partial charge is 0.209 e. The summed E-state index contributed by atoms with van der Waals surface area (Å²) in [4.78, 5) is 2.12. The van der Waals surface area contributed by atoms with Gasteiger partial charge < -0.3 is 5.32 Å². The van der Waals surface area contributed by atoms with Crippen molar-refractivity contribution in [1.82, 2.24) is 14.7 Å². The van der Waals surface area contributed by atoms with Crippen LogP contribution in [0.1, 0.15) is 24.5 Å². The number of hydrogen-bond donors (Lipinski definition) is 1. The maximum Gasteiger partial charge on any atom is 0.209 e. The summed E-state index contributed by atoms with van der Waals surface area (Å²) in [5.74, 6) is 0.468. The summed E-state index contributed by atoms with van der Waals surface area (Å²) in [6.07, 6.45) is 0.664. The van der Waals surface area contributed by atoms with Crippen LogP contribution >= 0.6 is 35.2 Å². The van der Waals surface area contributed by atoms with Gasteiger partial charge in [0.25, 0.3) is 0 Å². The summed E-state index contributed by atoms with van der Waals surface area (Å²) in [5, 5.41) is 9.17. The van der Waals surface area contributed by atoms with Crippen molar-refractivity contribution in [2.45, 2.75) is 39.9 Å². The SMILES string of the molecule is CCN(Cn1nc(Nc2c(C)cc(C)cc2Cl)sc1=S)[C@H]1CCS(=O)(=O)C1. The van der Waals surface area contributed by atoms with E-state index in [2.05, 4.69) is 21.4 Å². The minimum atomic E-state index is -2.92. The molecule has 1 atom stereocenters. The largest absolute Gasteiger partial charge is 0.329 e. The highest BCUT2D eigenvalue weighted by molar-refractivity contribution is 7.91. The van der Waals surface area contributed by atoms with Crippen LogP contribution in [0.15, 0.2) is 12.1 Å². The van der Waals surface area contributed by atoms with Crippen molar-refractivity contribution in [3.8, 4) is 0 Å². The van der Waals surface area contributed by atoms with Crippen LogP contribution in [0.3, 0.4) is 0 Å². The second-order valence-electron chi connectivity index (χ2n) is 6.84. The molecule has 0 bridgehead atoms. The van der Waals surface area contributed by atoms with Gasteiger partial charge in [-0.05, 0) is 56.2 Å². The highest BCUT2D eigenvalue weighted by atomic mass is 35.5. The van der Waals surface area contributed by atoms with E-state index in [0.29, 0.717) is 27.2 Å². The Morgan fingerprint density at radius 2 is 2.19 bits per heavy atom. The van der Waals surface area contributed by atoms with E-state index in [1.807, 2.05) is 26.8 Å². The summed E-state index contributed by atoms with van der Waals surface area (Å²) >= 11 is 13.2. The summed E-state index contributed by atoms with van der Waals surface area (Å²) in [6, 6.07) is 3.99. The molecule has 0 unspecified atom stereocenters. The van der Waals surface area contributed by atoms with Gasteiger partial charge in [0.05, 0.1) is 28.9 Å². The first-order valence-corrected chi connectivity index (χ1v) is 12.2. The van der Waals surface area contributed by atoms with Crippen molar-refractivity contribution >= 4 is 55.8 Å². The van der Waals surface area contributed by atoms with E-state index in [1.54, 1.807) is 4.68 Å². The molecule has 0 aliphatic carbocycles. The lowest BCUT2D eigenvalue weighted by molar-refractivity contribution is 0.165. The van der Waals surface area contributed by atoms with E-state index in [1.165, 1.54) is 11.3 Å². The van der Waals surface area contributed by atoms with Crippen LogP contribution in [-0.2, 0) is 16.5 Å². The number of hydrogen-bond acceptors (Lipinski definition) is 7. The molecule has 1 N–H and O–H groups in total. The molecule has 1 aromatic heterocycles. The first-order chi connectivity index (χ1) is 12.7. The van der Waals surface area contributed by atoms with Gasteiger partial charge in [-0.2, -0.15) is 0 Å². The molecule has 0 radical (unpaired) electrons. The van der Waals surface area contributed by atoms with Crippen LogP contribution in [0.4, 0.5) is 10.8 Å². The number of nitrogens with one attached hydrogen (secondary N) is 1. The minimum absolute atomic E-state index is 0.0220. The summed E-state index contributed by atoms with van der Waals surface area (Å²) in [6.45, 7) is 7.25. The van der Waals surface area contributed by atoms with E-state index in [4.69, 9.17) is 23.8 Å². The molecular weight excluding hydrogens is 424 g/mol. The Morgan fingerprint density at radius 3 is 2.78 bits per heavy atom. The molecule has 0 spiro atoms. The minimum Gasteiger partial charge on any atom is -0.329 e. The topological polar surface area (TPSA) is 67.2 Å². The lowest BCUT2D eigenvalue weighted by atomic mass is 10.1. The Kier molecular flexibility index (Phi) is 6.27. The number of aromatic nitrogens is 2. The molecule has 10 heteroatoms. The van der Waals surface area contributed by atoms with Crippen molar-refractivity contribution in [2.24, 2.45) is 0 Å². The molecule has 1 aliphatic rings. The number of halogens is 1. The Bertz CT molecular complexity index is 977. The fraction of sp³-hybridized carbons (Fsp3) is 0.529. The van der Waals surface area contributed by atoms with Gasteiger partial charge in [-0.3, -0.25) is 4.90 Å². The molecule has 6 nitrogen and oxygen atoms in total. The Balaban J connectivity index is 1.78. The molecule has 0 saturated carbocycles. The van der Waals surface area contributed by atoms with Gasteiger partial charge in [-0.15, -0.1) is 5.10 Å². The molecule has 27 heavy (non-hydrogen) atoms. The Labute approximate surface area is 174 Å². The number of nitrogens with zero attached hydrogens (tertiary/aromatic N) is 3. The first-order valence-electron chi connectivity index (χ1n) is 8.74. The average Bonchev–Trinajstić information content (AvgIpc) is 3.10. The van der Waals surface area contributed by atoms with E-state index in [9.17, 15) is 8.42 Å². The highest BCUT2D eigenvalue weighted by Gasteiger charge is 2.31. The molecule has 2 aromatic rings. The second kappa shape index (κ2) is 8.16. The standard InChI is InChI=1S/C17H23ClN4O2S3/c1-4-21(13-5-6-27(23,24)9-13)10-22-17(25)26-16(20-22)19-15-12(3)7-11(2)8-14(15)18/h7-8,13H,4-6,9-10H2,1-3H3,(H,19,20)/t13-/m0/s1. The fourth-order valence-corrected chi connectivity index (χ4v) is 6.46. The molecule has 1 fully saturated rings. The van der Waals surface area contributed by atoms with Crippen molar-refractivity contribution in [2.75, 3.05) is 23.4 Å². The zero-order valence-corrected chi connectivity index (χ0v) is 18.7. The highest BCUT2D eigenvalue weighted by Crippen LogP contribution is 2.31. The maximum atomic E-state index is 11.8. The molecular formula is C17H23ClN4O2S3. The molecule has 1 saturated heterocycles. The predicted molar refractivity (Wildman–Crippen MR) is 115 cm³/mol. The van der Waals surface area contributed by atoms with Crippen molar-refractivity contribution in [3.05, 3.63) is 32.2 Å². The molecule has 148 valence electrons. The quantitative estimate of drug-likeness (QED) is 0.672. The molecule has 0 amide bonds. The number of rotatable bonds is 6. The second-order valence-corrected chi connectivity index (χ2v) is 11.1. The van der Waals surface area contributed by atoms with Gasteiger partial charge in [-0.1, -0.05) is 35.9 Å². The monoisotopic (exact) mass is 446 g/mol. The summed E-state index contributed by atoms with van der Waals surface area (Å²) in [7, 11) is -2.92. The van der Waals surface area contributed by atoms with Gasteiger partial charge in [0.1, 0.15) is 0 Å². The number of anilines is 2. The zero-order valence-electron chi connectivity index (χ0n) is 15.5. The van der Waals surface area contributed by atoms with Crippen molar-refractivity contribution < 1.29 is 8.42 Å². The van der Waals surface area contributed by atoms with Gasteiger partial charge in [0, 0.05) is 6.04 Å². The van der Waals surface area contributed by atoms with Gasteiger partial charge >= 0.3 is 0 Å². The van der Waals surface area contributed by atoms with Crippen molar-refractivity contribution in [1.29, 1.82) is 0 Å². The van der Waals surface area contributed by atoms with Gasteiger partial charge in [0.2, 0.25) is 5.13 Å². The van der Waals surface area contributed by atoms with E-state index < -0.39 is 9.84 Å². The number of sulfone groups is 1. The maximum absolute atomic E-state index is 11.8. The lowest BCUT2D eigenvalue weighted by Gasteiger charge is -2.26. The van der Waals surface area contributed by atoms with E-state index >= 15 is 0 Å². The molecule has 3 rings (SSSR count). The van der Waals surface area contributed by atoms with Crippen LogP contribution in [0.25, 0.3) is 0 Å². The molecule has 1 aromatic carbocycles. The third-order valence-electron chi connectivity index (χ3n) is 4.72. The lowest BCUT2D eigenvalue weighted by Crippen LogP contribution is -2.37. The van der Waals surface area contributed by atoms with Crippen LogP contribution in [0, 0.1) is 17.8 Å².